The van der Waals surface area contributed by atoms with Gasteiger partial charge in [0, 0.05) is 24.4 Å². The highest BCUT2D eigenvalue weighted by Crippen LogP contribution is 2.50. The van der Waals surface area contributed by atoms with Crippen molar-refractivity contribution in [1.82, 2.24) is 10.3 Å². The first kappa shape index (κ1) is 15.4. The van der Waals surface area contributed by atoms with Crippen LogP contribution in [0.3, 0.4) is 0 Å². The number of aromatic nitrogens is 1. The van der Waals surface area contributed by atoms with Crippen molar-refractivity contribution in [2.24, 2.45) is 5.41 Å². The standard InChI is InChI=1S/C17H28N2OS/c1-16(2)7-9-17(20-4,10-8-16)15-19-14(12-5-6-12)13(21-15)11-18-3/h12,18H,5-11H2,1-4H3. The van der Waals surface area contributed by atoms with Crippen LogP contribution in [0.4, 0.5) is 0 Å². The summed E-state index contributed by atoms with van der Waals surface area (Å²) in [5.41, 5.74) is 1.67. The van der Waals surface area contributed by atoms with Crippen molar-refractivity contribution in [3.63, 3.8) is 0 Å². The first-order chi connectivity index (χ1) is 10.00. The lowest BCUT2D eigenvalue weighted by Crippen LogP contribution is -2.36. The van der Waals surface area contributed by atoms with Gasteiger partial charge in [-0.3, -0.25) is 0 Å². The van der Waals surface area contributed by atoms with E-state index in [0.29, 0.717) is 11.3 Å². The zero-order chi connectivity index (χ0) is 15.1. The highest BCUT2D eigenvalue weighted by atomic mass is 32.1. The number of nitrogens with zero attached hydrogens (tertiary/aromatic N) is 1. The largest absolute Gasteiger partial charge is 0.371 e. The van der Waals surface area contributed by atoms with E-state index in [1.54, 1.807) is 0 Å². The number of hydrogen-bond acceptors (Lipinski definition) is 4. The molecule has 1 aromatic rings. The lowest BCUT2D eigenvalue weighted by Gasteiger charge is -2.41. The third kappa shape index (κ3) is 3.03. The average molecular weight is 308 g/mol. The van der Waals surface area contributed by atoms with E-state index in [9.17, 15) is 0 Å². The van der Waals surface area contributed by atoms with Gasteiger partial charge in [0.05, 0.1) is 5.69 Å². The smallest absolute Gasteiger partial charge is 0.125 e. The monoisotopic (exact) mass is 308 g/mol. The Morgan fingerprint density at radius 1 is 1.24 bits per heavy atom. The van der Waals surface area contributed by atoms with Crippen molar-refractivity contribution in [3.8, 4) is 0 Å². The fourth-order valence-electron chi connectivity index (χ4n) is 3.36. The van der Waals surface area contributed by atoms with Gasteiger partial charge in [-0.1, -0.05) is 13.8 Å². The van der Waals surface area contributed by atoms with E-state index in [2.05, 4.69) is 19.2 Å². The molecule has 2 fully saturated rings. The molecule has 118 valence electrons. The Morgan fingerprint density at radius 3 is 2.43 bits per heavy atom. The number of methoxy groups -OCH3 is 1. The van der Waals surface area contributed by atoms with Crippen LogP contribution < -0.4 is 5.32 Å². The van der Waals surface area contributed by atoms with E-state index in [4.69, 9.17) is 9.72 Å². The van der Waals surface area contributed by atoms with Gasteiger partial charge in [-0.05, 0) is 51.0 Å². The number of ether oxygens (including phenoxy) is 1. The summed E-state index contributed by atoms with van der Waals surface area (Å²) in [4.78, 5) is 6.49. The molecule has 2 aliphatic rings. The molecule has 0 spiro atoms. The first-order valence-corrected chi connectivity index (χ1v) is 9.01. The van der Waals surface area contributed by atoms with Gasteiger partial charge in [-0.25, -0.2) is 4.98 Å². The second-order valence-corrected chi connectivity index (χ2v) is 8.58. The molecule has 0 radical (unpaired) electrons. The van der Waals surface area contributed by atoms with Gasteiger partial charge < -0.3 is 10.1 Å². The summed E-state index contributed by atoms with van der Waals surface area (Å²) in [6, 6.07) is 0. The van der Waals surface area contributed by atoms with Crippen LogP contribution in [0.1, 0.15) is 73.9 Å². The summed E-state index contributed by atoms with van der Waals surface area (Å²) in [6.07, 6.45) is 7.28. The van der Waals surface area contributed by atoms with Crippen LogP contribution >= 0.6 is 11.3 Å². The molecule has 3 rings (SSSR count). The summed E-state index contributed by atoms with van der Waals surface area (Å²) in [5, 5.41) is 4.53. The topological polar surface area (TPSA) is 34.1 Å². The van der Waals surface area contributed by atoms with Crippen molar-refractivity contribution in [1.29, 1.82) is 0 Å². The van der Waals surface area contributed by atoms with Gasteiger partial charge in [0.15, 0.2) is 0 Å². The Bertz CT molecular complexity index is 495. The molecule has 0 aromatic carbocycles. The molecule has 1 aromatic heterocycles. The summed E-state index contributed by atoms with van der Waals surface area (Å²) in [6.45, 7) is 5.68. The van der Waals surface area contributed by atoms with E-state index in [1.807, 2.05) is 25.5 Å². The fourth-order valence-corrected chi connectivity index (χ4v) is 4.74. The van der Waals surface area contributed by atoms with Crippen LogP contribution in [0.15, 0.2) is 0 Å². The molecular weight excluding hydrogens is 280 g/mol. The molecule has 1 N–H and O–H groups in total. The van der Waals surface area contributed by atoms with Crippen molar-refractivity contribution >= 4 is 11.3 Å². The Labute approximate surface area is 132 Å². The second-order valence-electron chi connectivity index (χ2n) is 7.49. The summed E-state index contributed by atoms with van der Waals surface area (Å²) >= 11 is 1.88. The van der Waals surface area contributed by atoms with Gasteiger partial charge in [-0.15, -0.1) is 11.3 Å². The highest BCUT2D eigenvalue weighted by molar-refractivity contribution is 7.11. The zero-order valence-electron chi connectivity index (χ0n) is 13.8. The Morgan fingerprint density at radius 2 is 1.90 bits per heavy atom. The number of nitrogens with one attached hydrogen (secondary N) is 1. The summed E-state index contributed by atoms with van der Waals surface area (Å²) in [7, 11) is 3.89. The molecule has 0 saturated heterocycles. The van der Waals surface area contributed by atoms with Gasteiger partial charge in [0.2, 0.25) is 0 Å². The Hall–Kier alpha value is -0.450. The lowest BCUT2D eigenvalue weighted by molar-refractivity contribution is -0.0668. The van der Waals surface area contributed by atoms with Crippen molar-refractivity contribution in [2.75, 3.05) is 14.2 Å². The van der Waals surface area contributed by atoms with Gasteiger partial charge >= 0.3 is 0 Å². The second kappa shape index (κ2) is 5.64. The molecule has 1 heterocycles. The van der Waals surface area contributed by atoms with E-state index in [0.717, 1.165) is 19.4 Å². The van der Waals surface area contributed by atoms with Gasteiger partial charge in [0.1, 0.15) is 10.6 Å². The molecule has 0 bridgehead atoms. The molecule has 0 atom stereocenters. The number of rotatable bonds is 5. The molecule has 0 unspecified atom stereocenters. The van der Waals surface area contributed by atoms with Crippen molar-refractivity contribution in [3.05, 3.63) is 15.6 Å². The molecule has 2 aliphatic carbocycles. The third-order valence-electron chi connectivity index (χ3n) is 5.22. The molecule has 2 saturated carbocycles. The van der Waals surface area contributed by atoms with Crippen LogP contribution in [-0.2, 0) is 16.9 Å². The minimum Gasteiger partial charge on any atom is -0.371 e. The van der Waals surface area contributed by atoms with Crippen LogP contribution in [0.5, 0.6) is 0 Å². The molecule has 0 amide bonds. The molecular formula is C17H28N2OS. The first-order valence-electron chi connectivity index (χ1n) is 8.19. The predicted molar refractivity (Wildman–Crippen MR) is 87.8 cm³/mol. The van der Waals surface area contributed by atoms with E-state index < -0.39 is 0 Å². The highest BCUT2D eigenvalue weighted by Gasteiger charge is 2.43. The quantitative estimate of drug-likeness (QED) is 0.886. The normalized spacial score (nSPS) is 24.2. The fraction of sp³-hybridized carbons (Fsp3) is 0.824. The van der Waals surface area contributed by atoms with E-state index >= 15 is 0 Å². The van der Waals surface area contributed by atoms with E-state index in [-0.39, 0.29) is 5.60 Å². The molecule has 3 nitrogen and oxygen atoms in total. The molecule has 21 heavy (non-hydrogen) atoms. The van der Waals surface area contributed by atoms with Crippen LogP contribution in [0, 0.1) is 5.41 Å². The maximum atomic E-state index is 6.03. The van der Waals surface area contributed by atoms with Crippen molar-refractivity contribution < 1.29 is 4.74 Å². The minimum absolute atomic E-state index is 0.129. The van der Waals surface area contributed by atoms with Crippen LogP contribution in [0.25, 0.3) is 0 Å². The summed E-state index contributed by atoms with van der Waals surface area (Å²) < 4.78 is 6.03. The Balaban J connectivity index is 1.88. The number of thiazole rings is 1. The van der Waals surface area contributed by atoms with Gasteiger partial charge in [0.25, 0.3) is 0 Å². The molecule has 4 heteroatoms. The van der Waals surface area contributed by atoms with Crippen LogP contribution in [0.2, 0.25) is 0 Å². The maximum absolute atomic E-state index is 6.03. The zero-order valence-corrected chi connectivity index (χ0v) is 14.6. The predicted octanol–water partition coefficient (Wildman–Crippen LogP) is 4.18. The summed E-state index contributed by atoms with van der Waals surface area (Å²) in [5.74, 6) is 0.715. The van der Waals surface area contributed by atoms with Crippen molar-refractivity contribution in [2.45, 2.75) is 70.4 Å². The van der Waals surface area contributed by atoms with Crippen LogP contribution in [-0.4, -0.2) is 19.1 Å². The lowest BCUT2D eigenvalue weighted by atomic mass is 9.71. The molecule has 0 aliphatic heterocycles. The minimum atomic E-state index is -0.129. The third-order valence-corrected chi connectivity index (χ3v) is 6.48. The average Bonchev–Trinajstić information content (AvgIpc) is 3.22. The van der Waals surface area contributed by atoms with E-state index in [1.165, 1.54) is 41.3 Å². The number of hydrogen-bond donors (Lipinski definition) is 1. The maximum Gasteiger partial charge on any atom is 0.125 e. The van der Waals surface area contributed by atoms with Gasteiger partial charge in [-0.2, -0.15) is 0 Å². The SMILES string of the molecule is CNCc1sc(C2(OC)CCC(C)(C)CC2)nc1C1CC1. The Kier molecular flexibility index (Phi) is 4.15.